The Balaban J connectivity index is 1.68. The van der Waals surface area contributed by atoms with Crippen LogP contribution in [-0.2, 0) is 14.4 Å². The van der Waals surface area contributed by atoms with Crippen LogP contribution in [0, 0.1) is 9.39 Å². The lowest BCUT2D eigenvalue weighted by atomic mass is 10.2. The molecule has 1 aliphatic heterocycles. The van der Waals surface area contributed by atoms with Crippen LogP contribution in [-0.4, -0.2) is 46.2 Å². The zero-order valence-corrected chi connectivity index (χ0v) is 18.6. The van der Waals surface area contributed by atoms with Gasteiger partial charge in [0, 0.05) is 5.69 Å². The molecule has 0 atom stereocenters. The van der Waals surface area contributed by atoms with Crippen molar-refractivity contribution < 1.29 is 33.4 Å². The predicted octanol–water partition coefficient (Wildman–Crippen LogP) is 3.57. The summed E-state index contributed by atoms with van der Waals surface area (Å²) in [5.74, 6) is -2.51. The molecule has 0 spiro atoms. The summed E-state index contributed by atoms with van der Waals surface area (Å²) in [6, 6.07) is 10.1. The molecular formula is C20H14FIN2O6S. The van der Waals surface area contributed by atoms with Crippen LogP contribution in [0.2, 0.25) is 0 Å². The first kappa shape index (κ1) is 22.7. The number of nitrogens with zero attached hydrogens (tertiary/aromatic N) is 1. The summed E-state index contributed by atoms with van der Waals surface area (Å²) >= 11 is 2.66. The summed E-state index contributed by atoms with van der Waals surface area (Å²) in [7, 11) is 0. The van der Waals surface area contributed by atoms with Gasteiger partial charge in [-0.2, -0.15) is 0 Å². The number of hydrogen-bond donors (Lipinski definition) is 2. The highest BCUT2D eigenvalue weighted by Gasteiger charge is 2.36. The summed E-state index contributed by atoms with van der Waals surface area (Å²) < 4.78 is 19.0. The maximum absolute atomic E-state index is 13.2. The monoisotopic (exact) mass is 556 g/mol. The molecule has 2 aromatic rings. The van der Waals surface area contributed by atoms with Gasteiger partial charge in [0.2, 0.25) is 5.91 Å². The SMILES string of the molecule is O=C(O)COc1ccc(/C=C2/SC(=O)N(CC(=O)Nc3cccc(F)c3)C2=O)cc1I. The van der Waals surface area contributed by atoms with Crippen LogP contribution in [0.1, 0.15) is 5.56 Å². The molecule has 1 saturated heterocycles. The van der Waals surface area contributed by atoms with Gasteiger partial charge in [-0.3, -0.25) is 19.3 Å². The van der Waals surface area contributed by atoms with E-state index in [2.05, 4.69) is 5.32 Å². The quantitative estimate of drug-likeness (QED) is 0.396. The highest BCUT2D eigenvalue weighted by atomic mass is 127. The first-order chi connectivity index (χ1) is 14.7. The third-order valence-electron chi connectivity index (χ3n) is 3.89. The molecule has 11 heteroatoms. The number of imide groups is 1. The van der Waals surface area contributed by atoms with Crippen LogP contribution >= 0.6 is 34.4 Å². The summed E-state index contributed by atoms with van der Waals surface area (Å²) in [5.41, 5.74) is 0.814. The van der Waals surface area contributed by atoms with E-state index in [9.17, 15) is 23.6 Å². The van der Waals surface area contributed by atoms with Gasteiger partial charge in [-0.05, 0) is 76.3 Å². The van der Waals surface area contributed by atoms with Crippen molar-refractivity contribution in [3.8, 4) is 5.75 Å². The maximum Gasteiger partial charge on any atom is 0.341 e. The van der Waals surface area contributed by atoms with Crippen molar-refractivity contribution in [3.63, 3.8) is 0 Å². The molecule has 0 aliphatic carbocycles. The van der Waals surface area contributed by atoms with Crippen LogP contribution in [0.15, 0.2) is 47.4 Å². The summed E-state index contributed by atoms with van der Waals surface area (Å²) in [5, 5.41) is 10.5. The van der Waals surface area contributed by atoms with Gasteiger partial charge in [-0.25, -0.2) is 9.18 Å². The number of carbonyl (C=O) groups excluding carboxylic acids is 3. The van der Waals surface area contributed by atoms with Crippen molar-refractivity contribution in [2.75, 3.05) is 18.5 Å². The van der Waals surface area contributed by atoms with Gasteiger partial charge >= 0.3 is 5.97 Å². The van der Waals surface area contributed by atoms with Gasteiger partial charge in [0.25, 0.3) is 11.1 Å². The van der Waals surface area contributed by atoms with Crippen molar-refractivity contribution in [3.05, 3.63) is 62.3 Å². The molecule has 0 unspecified atom stereocenters. The average molecular weight is 556 g/mol. The van der Waals surface area contributed by atoms with Gasteiger partial charge < -0.3 is 15.2 Å². The number of carboxylic acid groups (broad SMARTS) is 1. The molecule has 3 amide bonds. The van der Waals surface area contributed by atoms with Crippen molar-refractivity contribution in [1.29, 1.82) is 0 Å². The molecule has 2 N–H and O–H groups in total. The van der Waals surface area contributed by atoms with Crippen LogP contribution in [0.25, 0.3) is 6.08 Å². The fraction of sp³-hybridized carbons (Fsp3) is 0.100. The van der Waals surface area contributed by atoms with E-state index >= 15 is 0 Å². The van der Waals surface area contributed by atoms with E-state index in [-0.39, 0.29) is 10.6 Å². The van der Waals surface area contributed by atoms with Gasteiger partial charge in [-0.1, -0.05) is 12.1 Å². The second-order valence-electron chi connectivity index (χ2n) is 6.20. The van der Waals surface area contributed by atoms with Crippen LogP contribution in [0.5, 0.6) is 5.75 Å². The molecule has 8 nitrogen and oxygen atoms in total. The maximum atomic E-state index is 13.2. The Kier molecular flexibility index (Phi) is 7.28. The minimum atomic E-state index is -1.10. The second kappa shape index (κ2) is 9.92. The van der Waals surface area contributed by atoms with Crippen LogP contribution in [0.4, 0.5) is 14.9 Å². The molecule has 2 aromatic carbocycles. The predicted molar refractivity (Wildman–Crippen MR) is 120 cm³/mol. The summed E-state index contributed by atoms with van der Waals surface area (Å²) in [4.78, 5) is 48.5. The molecule has 0 aromatic heterocycles. The Morgan fingerprint density at radius 1 is 1.23 bits per heavy atom. The summed E-state index contributed by atoms with van der Waals surface area (Å²) in [6.45, 7) is -0.982. The lowest BCUT2D eigenvalue weighted by Crippen LogP contribution is -2.36. The summed E-state index contributed by atoms with van der Waals surface area (Å²) in [6.07, 6.45) is 1.50. The number of nitrogens with one attached hydrogen (secondary N) is 1. The van der Waals surface area contributed by atoms with E-state index in [1.54, 1.807) is 18.2 Å². The smallest absolute Gasteiger partial charge is 0.341 e. The number of carbonyl (C=O) groups is 4. The Bertz CT molecular complexity index is 1110. The van der Waals surface area contributed by atoms with Crippen molar-refractivity contribution in [2.45, 2.75) is 0 Å². The van der Waals surface area contributed by atoms with Gasteiger partial charge in [0.05, 0.1) is 8.48 Å². The first-order valence-electron chi connectivity index (χ1n) is 8.68. The minimum Gasteiger partial charge on any atom is -0.481 e. The fourth-order valence-corrected chi connectivity index (χ4v) is 4.09. The Morgan fingerprint density at radius 3 is 2.68 bits per heavy atom. The van der Waals surface area contributed by atoms with Crippen molar-refractivity contribution >= 4 is 69.1 Å². The van der Waals surface area contributed by atoms with Gasteiger partial charge in [0.15, 0.2) is 6.61 Å². The topological polar surface area (TPSA) is 113 Å². The number of amides is 3. The second-order valence-corrected chi connectivity index (χ2v) is 8.35. The molecule has 0 radical (unpaired) electrons. The number of halogens is 2. The fourth-order valence-electron chi connectivity index (χ4n) is 2.56. The van der Waals surface area contributed by atoms with E-state index in [0.29, 0.717) is 26.6 Å². The lowest BCUT2D eigenvalue weighted by molar-refractivity contribution is -0.139. The third kappa shape index (κ3) is 6.04. The number of hydrogen-bond acceptors (Lipinski definition) is 6. The normalized spacial score (nSPS) is 14.8. The standard InChI is InChI=1S/C20H14FIN2O6S/c21-12-2-1-3-13(8-12)23-17(25)9-24-19(28)16(31-20(24)29)7-11-4-5-15(14(22)6-11)30-10-18(26)27/h1-8H,9-10H2,(H,23,25)(H,26,27)/b16-7+. The number of carboxylic acids is 1. The van der Waals surface area contributed by atoms with E-state index in [1.807, 2.05) is 22.6 Å². The molecule has 1 aliphatic rings. The van der Waals surface area contributed by atoms with E-state index in [1.165, 1.54) is 24.3 Å². The number of thioether (sulfide) groups is 1. The Hall–Kier alpha value is -2.93. The highest BCUT2D eigenvalue weighted by molar-refractivity contribution is 14.1. The van der Waals surface area contributed by atoms with Crippen molar-refractivity contribution in [1.82, 2.24) is 4.90 Å². The lowest BCUT2D eigenvalue weighted by Gasteiger charge is -2.12. The number of ether oxygens (including phenoxy) is 1. The molecule has 160 valence electrons. The zero-order chi connectivity index (χ0) is 22.5. The third-order valence-corrected chi connectivity index (χ3v) is 5.64. The Labute approximate surface area is 193 Å². The van der Waals surface area contributed by atoms with Gasteiger partial charge in [0.1, 0.15) is 18.1 Å². The van der Waals surface area contributed by atoms with E-state index in [4.69, 9.17) is 9.84 Å². The number of anilines is 1. The van der Waals surface area contributed by atoms with E-state index < -0.39 is 42.0 Å². The molecule has 1 fully saturated rings. The number of benzene rings is 2. The largest absolute Gasteiger partial charge is 0.481 e. The molecule has 3 rings (SSSR count). The highest BCUT2D eigenvalue weighted by Crippen LogP contribution is 2.33. The number of aliphatic carboxylic acids is 1. The van der Waals surface area contributed by atoms with E-state index in [0.717, 1.165) is 11.0 Å². The Morgan fingerprint density at radius 2 is 2.00 bits per heavy atom. The minimum absolute atomic E-state index is 0.138. The molecule has 0 saturated carbocycles. The molecular weight excluding hydrogens is 542 g/mol. The average Bonchev–Trinajstić information content (AvgIpc) is 2.94. The number of rotatable bonds is 7. The molecule has 31 heavy (non-hydrogen) atoms. The zero-order valence-electron chi connectivity index (χ0n) is 15.6. The first-order valence-corrected chi connectivity index (χ1v) is 10.6. The van der Waals surface area contributed by atoms with Crippen molar-refractivity contribution in [2.24, 2.45) is 0 Å². The van der Waals surface area contributed by atoms with Crippen LogP contribution in [0.3, 0.4) is 0 Å². The molecule has 0 bridgehead atoms. The van der Waals surface area contributed by atoms with Crippen LogP contribution < -0.4 is 10.1 Å². The van der Waals surface area contributed by atoms with Gasteiger partial charge in [-0.15, -0.1) is 0 Å². The molecule has 1 heterocycles.